The van der Waals surface area contributed by atoms with Crippen molar-refractivity contribution in [1.29, 1.82) is 0 Å². The second-order valence-electron chi connectivity index (χ2n) is 5.31. The van der Waals surface area contributed by atoms with Gasteiger partial charge < -0.3 is 11.5 Å². The van der Waals surface area contributed by atoms with E-state index < -0.39 is 15.9 Å². The van der Waals surface area contributed by atoms with E-state index in [1.54, 1.807) is 0 Å². The van der Waals surface area contributed by atoms with E-state index in [9.17, 15) is 13.2 Å². The van der Waals surface area contributed by atoms with Gasteiger partial charge in [0, 0.05) is 29.2 Å². The number of hydrogen-bond acceptors (Lipinski definition) is 4. The summed E-state index contributed by atoms with van der Waals surface area (Å²) in [5.41, 5.74) is 11.2. The van der Waals surface area contributed by atoms with Crippen molar-refractivity contribution in [2.24, 2.45) is 17.4 Å². The number of rotatable bonds is 4. The highest BCUT2D eigenvalue weighted by molar-refractivity contribution is 9.10. The van der Waals surface area contributed by atoms with Crippen molar-refractivity contribution in [1.82, 2.24) is 4.31 Å². The molecule has 9 heteroatoms. The number of carbonyl (C=O) groups excluding carboxylic acids is 1. The zero-order valence-electron chi connectivity index (χ0n) is 12.0. The normalized spacial score (nSPS) is 20.4. The van der Waals surface area contributed by atoms with Gasteiger partial charge in [-0.1, -0.05) is 15.9 Å². The monoisotopic (exact) mass is 411 g/mol. The Balaban J connectivity index is 0.00000242. The lowest BCUT2D eigenvalue weighted by atomic mass is 10.0. The molecular weight excluding hydrogens is 394 g/mol. The Hall–Kier alpha value is -0.670. The van der Waals surface area contributed by atoms with Gasteiger partial charge in [-0.25, -0.2) is 8.42 Å². The maximum atomic E-state index is 12.6. The van der Waals surface area contributed by atoms with Crippen LogP contribution >= 0.6 is 28.3 Å². The van der Waals surface area contributed by atoms with Crippen molar-refractivity contribution in [2.75, 3.05) is 13.1 Å². The third kappa shape index (κ3) is 3.99. The van der Waals surface area contributed by atoms with Crippen LogP contribution in [0, 0.1) is 5.92 Å². The third-order valence-corrected chi connectivity index (χ3v) is 6.03. The molecule has 2 atom stereocenters. The van der Waals surface area contributed by atoms with Gasteiger partial charge in [0.25, 0.3) is 0 Å². The SMILES string of the molecule is CC(N)C1CCN(S(=O)(=O)c2cc(Br)cc(C(N)=O)c2)C1.Cl. The summed E-state index contributed by atoms with van der Waals surface area (Å²) >= 11 is 3.21. The molecule has 1 heterocycles. The summed E-state index contributed by atoms with van der Waals surface area (Å²) in [6.45, 7) is 2.72. The van der Waals surface area contributed by atoms with Crippen molar-refractivity contribution in [3.8, 4) is 0 Å². The van der Waals surface area contributed by atoms with Crippen molar-refractivity contribution in [2.45, 2.75) is 24.3 Å². The molecule has 0 spiro atoms. The highest BCUT2D eigenvalue weighted by atomic mass is 79.9. The topological polar surface area (TPSA) is 106 Å². The van der Waals surface area contributed by atoms with Gasteiger partial charge in [0.15, 0.2) is 0 Å². The first kappa shape index (κ1) is 19.4. The lowest BCUT2D eigenvalue weighted by Gasteiger charge is -2.18. The maximum absolute atomic E-state index is 12.6. The van der Waals surface area contributed by atoms with Crippen molar-refractivity contribution in [3.63, 3.8) is 0 Å². The number of primary amides is 1. The fourth-order valence-electron chi connectivity index (χ4n) is 2.40. The predicted molar refractivity (Wildman–Crippen MR) is 90.4 cm³/mol. The molecule has 0 aliphatic carbocycles. The van der Waals surface area contributed by atoms with Crippen LogP contribution in [0.25, 0.3) is 0 Å². The molecule has 1 aliphatic rings. The first-order valence-corrected chi connectivity index (χ1v) is 8.81. The molecule has 1 fully saturated rings. The summed E-state index contributed by atoms with van der Waals surface area (Å²) in [5, 5.41) is 0. The van der Waals surface area contributed by atoms with E-state index >= 15 is 0 Å². The second kappa shape index (κ2) is 7.27. The Bertz CT molecular complexity index is 666. The van der Waals surface area contributed by atoms with E-state index in [1.807, 2.05) is 6.92 Å². The lowest BCUT2D eigenvalue weighted by molar-refractivity contribution is 0.1000. The number of sulfonamides is 1. The summed E-state index contributed by atoms with van der Waals surface area (Å²) in [5.74, 6) is -0.509. The van der Waals surface area contributed by atoms with Gasteiger partial charge in [-0.05, 0) is 37.5 Å². The maximum Gasteiger partial charge on any atom is 0.248 e. The fraction of sp³-hybridized carbons (Fsp3) is 0.462. The summed E-state index contributed by atoms with van der Waals surface area (Å²) in [7, 11) is -3.64. The molecule has 1 amide bonds. The summed E-state index contributed by atoms with van der Waals surface area (Å²) in [6, 6.07) is 4.23. The zero-order chi connectivity index (χ0) is 15.8. The average molecular weight is 413 g/mol. The summed E-state index contributed by atoms with van der Waals surface area (Å²) < 4.78 is 27.2. The van der Waals surface area contributed by atoms with Gasteiger partial charge in [0.1, 0.15) is 0 Å². The number of hydrogen-bond donors (Lipinski definition) is 2. The first-order chi connectivity index (χ1) is 9.71. The molecule has 2 rings (SSSR count). The minimum atomic E-state index is -3.64. The van der Waals surface area contributed by atoms with Crippen LogP contribution in [-0.2, 0) is 10.0 Å². The number of benzene rings is 1. The smallest absolute Gasteiger partial charge is 0.248 e. The molecular formula is C13H19BrClN3O3S. The van der Waals surface area contributed by atoms with Gasteiger partial charge in [-0.2, -0.15) is 4.31 Å². The van der Waals surface area contributed by atoms with Crippen LogP contribution in [-0.4, -0.2) is 37.8 Å². The lowest BCUT2D eigenvalue weighted by Crippen LogP contribution is -2.33. The number of carbonyl (C=O) groups is 1. The molecule has 0 bridgehead atoms. The quantitative estimate of drug-likeness (QED) is 0.778. The van der Waals surface area contributed by atoms with E-state index in [1.165, 1.54) is 22.5 Å². The standard InChI is InChI=1S/C13H18BrN3O3S.ClH/c1-8(15)9-2-3-17(7-9)21(19,20)12-5-10(13(16)18)4-11(14)6-12;/h4-6,8-9H,2-3,7,15H2,1H3,(H2,16,18);1H. The highest BCUT2D eigenvalue weighted by Gasteiger charge is 2.34. The molecule has 124 valence electrons. The van der Waals surface area contributed by atoms with Gasteiger partial charge >= 0.3 is 0 Å². The minimum Gasteiger partial charge on any atom is -0.366 e. The molecule has 2 unspecified atom stereocenters. The van der Waals surface area contributed by atoms with Gasteiger partial charge in [0.05, 0.1) is 4.90 Å². The molecule has 1 aliphatic heterocycles. The summed E-state index contributed by atoms with van der Waals surface area (Å²) in [6.07, 6.45) is 0.744. The molecule has 4 N–H and O–H groups in total. The Kier molecular flexibility index (Phi) is 6.40. The van der Waals surface area contributed by atoms with E-state index in [0.29, 0.717) is 17.6 Å². The highest BCUT2D eigenvalue weighted by Crippen LogP contribution is 2.28. The minimum absolute atomic E-state index is 0. The van der Waals surface area contributed by atoms with Crippen LogP contribution in [0.4, 0.5) is 0 Å². The molecule has 0 radical (unpaired) electrons. The van der Waals surface area contributed by atoms with Crippen LogP contribution in [0.2, 0.25) is 0 Å². The largest absolute Gasteiger partial charge is 0.366 e. The van der Waals surface area contributed by atoms with Crippen molar-refractivity contribution < 1.29 is 13.2 Å². The number of nitrogens with zero attached hydrogens (tertiary/aromatic N) is 1. The Morgan fingerprint density at radius 2 is 2.05 bits per heavy atom. The molecule has 0 saturated carbocycles. The van der Waals surface area contributed by atoms with Crippen LogP contribution < -0.4 is 11.5 Å². The second-order valence-corrected chi connectivity index (χ2v) is 8.16. The van der Waals surface area contributed by atoms with Gasteiger partial charge in [-0.15, -0.1) is 12.4 Å². The molecule has 1 aromatic carbocycles. The Morgan fingerprint density at radius 1 is 1.41 bits per heavy atom. The van der Waals surface area contributed by atoms with Gasteiger partial charge in [0.2, 0.25) is 15.9 Å². The first-order valence-electron chi connectivity index (χ1n) is 6.58. The Labute approximate surface area is 144 Å². The molecule has 6 nitrogen and oxygen atoms in total. The van der Waals surface area contributed by atoms with Gasteiger partial charge in [-0.3, -0.25) is 4.79 Å². The van der Waals surface area contributed by atoms with Crippen molar-refractivity contribution in [3.05, 3.63) is 28.2 Å². The van der Waals surface area contributed by atoms with Crippen LogP contribution in [0.15, 0.2) is 27.6 Å². The van der Waals surface area contributed by atoms with E-state index in [0.717, 1.165) is 6.42 Å². The van der Waals surface area contributed by atoms with Crippen LogP contribution in [0.1, 0.15) is 23.7 Å². The fourth-order valence-corrected chi connectivity index (χ4v) is 4.63. The zero-order valence-corrected chi connectivity index (χ0v) is 15.2. The van der Waals surface area contributed by atoms with E-state index in [-0.39, 0.29) is 34.8 Å². The average Bonchev–Trinajstić information content (AvgIpc) is 2.88. The molecule has 1 aromatic rings. The Morgan fingerprint density at radius 3 is 2.55 bits per heavy atom. The molecule has 1 saturated heterocycles. The van der Waals surface area contributed by atoms with Crippen molar-refractivity contribution >= 4 is 44.3 Å². The number of halogens is 2. The number of amides is 1. The predicted octanol–water partition coefficient (Wildman–Crippen LogP) is 1.33. The van der Waals surface area contributed by atoms with Crippen LogP contribution in [0.3, 0.4) is 0 Å². The molecule has 22 heavy (non-hydrogen) atoms. The number of nitrogens with two attached hydrogens (primary N) is 2. The molecule has 0 aromatic heterocycles. The summed E-state index contributed by atoms with van der Waals surface area (Å²) in [4.78, 5) is 11.3. The van der Waals surface area contributed by atoms with E-state index in [4.69, 9.17) is 11.5 Å². The third-order valence-electron chi connectivity index (χ3n) is 3.72. The van der Waals surface area contributed by atoms with Crippen LogP contribution in [0.5, 0.6) is 0 Å². The van der Waals surface area contributed by atoms with E-state index in [2.05, 4.69) is 15.9 Å².